The predicted molar refractivity (Wildman–Crippen MR) is 219 cm³/mol. The maximum absolute atomic E-state index is 9.45. The van der Waals surface area contributed by atoms with Crippen LogP contribution in [0.25, 0.3) is 45.3 Å². The Morgan fingerprint density at radius 1 is 0.463 bits per heavy atom. The number of rotatable bonds is 6. The minimum Gasteiger partial charge on any atom is -0.208 e. The van der Waals surface area contributed by atoms with Crippen LogP contribution in [0.3, 0.4) is 0 Å². The molecule has 0 saturated heterocycles. The summed E-state index contributed by atoms with van der Waals surface area (Å²) in [5.74, 6) is 6.92. The number of nitrogens with zero attached hydrogens (tertiary/aromatic N) is 4. The largest absolute Gasteiger partial charge is 0.208 e. The molecular weight excluding hydrogens is 657 g/mol. The number of benzene rings is 4. The fourth-order valence-electron chi connectivity index (χ4n) is 12.4. The Morgan fingerprint density at radius 2 is 0.833 bits per heavy atom. The smallest absolute Gasteiger partial charge is 0.164 e. The highest BCUT2D eigenvalue weighted by molar-refractivity contribution is 5.71. The molecule has 4 aliphatic rings. The van der Waals surface area contributed by atoms with Crippen molar-refractivity contribution in [3.63, 3.8) is 0 Å². The summed E-state index contributed by atoms with van der Waals surface area (Å²) < 4.78 is 0. The summed E-state index contributed by atoms with van der Waals surface area (Å²) in [6, 6.07) is 37.0. The number of aromatic nitrogens is 3. The number of fused-ring (bicyclic) bond motifs is 4. The monoisotopic (exact) mass is 710 g/mol. The zero-order valence-corrected chi connectivity index (χ0v) is 32.6. The topological polar surface area (TPSA) is 62.5 Å². The van der Waals surface area contributed by atoms with Crippen LogP contribution in [0.2, 0.25) is 0 Å². The van der Waals surface area contributed by atoms with Gasteiger partial charge in [-0.1, -0.05) is 113 Å². The van der Waals surface area contributed by atoms with Crippen molar-refractivity contribution in [1.82, 2.24) is 15.0 Å². The van der Waals surface area contributed by atoms with Crippen LogP contribution >= 0.6 is 0 Å². The van der Waals surface area contributed by atoms with Gasteiger partial charge in [0.2, 0.25) is 0 Å². The average molecular weight is 711 g/mol. The summed E-state index contributed by atoms with van der Waals surface area (Å²) in [6.07, 6.45) is 13.4. The summed E-state index contributed by atoms with van der Waals surface area (Å²) in [4.78, 5) is 15.5. The Balaban J connectivity index is 1.08. The Morgan fingerprint density at radius 3 is 1.22 bits per heavy atom. The molecule has 4 aliphatic carbocycles. The Kier molecular flexibility index (Phi) is 9.04. The van der Waals surface area contributed by atoms with Gasteiger partial charge < -0.3 is 0 Å². The highest BCUT2D eigenvalue weighted by atomic mass is 15.0. The van der Waals surface area contributed by atoms with Gasteiger partial charge in [-0.05, 0) is 145 Å². The van der Waals surface area contributed by atoms with E-state index in [9.17, 15) is 5.26 Å². The van der Waals surface area contributed by atoms with E-state index in [0.29, 0.717) is 23.0 Å². The first-order chi connectivity index (χ1) is 26.2. The van der Waals surface area contributed by atoms with Gasteiger partial charge in [0.1, 0.15) is 0 Å². The fraction of sp³-hybridized carbons (Fsp3) is 0.440. The first-order valence-electron chi connectivity index (χ1n) is 20.7. The van der Waals surface area contributed by atoms with Gasteiger partial charge in [0, 0.05) is 16.7 Å². The predicted octanol–water partition coefficient (Wildman–Crippen LogP) is 12.6. The van der Waals surface area contributed by atoms with Gasteiger partial charge in [0.05, 0.1) is 11.6 Å². The van der Waals surface area contributed by atoms with Crippen LogP contribution in [-0.2, 0) is 10.8 Å². The van der Waals surface area contributed by atoms with Crippen LogP contribution in [0.4, 0.5) is 0 Å². The second-order valence-electron chi connectivity index (χ2n) is 18.6. The van der Waals surface area contributed by atoms with Gasteiger partial charge in [0.25, 0.3) is 0 Å². The minimum absolute atomic E-state index is 0.288. The van der Waals surface area contributed by atoms with E-state index in [2.05, 4.69) is 107 Å². The summed E-state index contributed by atoms with van der Waals surface area (Å²) in [5.41, 5.74) is 9.31. The number of nitriles is 1. The minimum atomic E-state index is 0.288. The zero-order valence-electron chi connectivity index (χ0n) is 32.6. The molecule has 4 heteroatoms. The SMILES string of the molecule is C[C@@H]1C[C@@H]2C[C@H](C)CC(c3ccc(-c4nc(-c5ccc(-c6cccc(C#N)c6)cc5)nc(-c5ccc(C67C[C@H](C)C[C@H](C[C@H](C)C6)C7)cc5)n4)cc3)(C1)C2. The van der Waals surface area contributed by atoms with Crippen LogP contribution in [0.5, 0.6) is 0 Å². The Hall–Kier alpha value is -4.62. The molecule has 4 bridgehead atoms. The van der Waals surface area contributed by atoms with Crippen molar-refractivity contribution in [3.8, 4) is 51.4 Å². The zero-order chi connectivity index (χ0) is 37.0. The third-order valence-electron chi connectivity index (χ3n) is 13.9. The highest BCUT2D eigenvalue weighted by Gasteiger charge is 2.46. The van der Waals surface area contributed by atoms with E-state index in [0.717, 1.165) is 63.3 Å². The van der Waals surface area contributed by atoms with Crippen LogP contribution in [0, 0.1) is 46.8 Å². The molecule has 54 heavy (non-hydrogen) atoms. The van der Waals surface area contributed by atoms with E-state index in [-0.39, 0.29) is 10.8 Å². The van der Waals surface area contributed by atoms with E-state index in [1.165, 1.54) is 75.3 Å². The second kappa shape index (κ2) is 13.9. The van der Waals surface area contributed by atoms with Crippen LogP contribution in [0.15, 0.2) is 97.1 Å². The van der Waals surface area contributed by atoms with Crippen molar-refractivity contribution in [2.24, 2.45) is 35.5 Å². The third kappa shape index (κ3) is 6.70. The van der Waals surface area contributed by atoms with Crippen LogP contribution < -0.4 is 0 Å². The standard InChI is InChI=1S/C50H54N4/c1-32-20-37-21-33(2)26-49(25-32,29-37)44-16-12-41(13-17-44)47-52-46(40-10-8-39(9-11-40)43-7-5-6-36(24-43)31-51)53-48(54-47)42-14-18-45(19-15-42)50-27-34(3)22-38(30-50)23-35(4)28-50/h5-19,24,32-35,37-38H,20-23,25-30H2,1-4H3/t32-,33+,34-,35+,37-,38-,49?,50?. The van der Waals surface area contributed by atoms with E-state index >= 15 is 0 Å². The maximum atomic E-state index is 9.45. The molecule has 9 rings (SSSR count). The van der Waals surface area contributed by atoms with Crippen molar-refractivity contribution >= 4 is 0 Å². The molecular formula is C50H54N4. The normalized spacial score (nSPS) is 30.4. The van der Waals surface area contributed by atoms with Gasteiger partial charge in [-0.3, -0.25) is 0 Å². The number of hydrogen-bond acceptors (Lipinski definition) is 4. The molecule has 0 amide bonds. The lowest BCUT2D eigenvalue weighted by atomic mass is 9.54. The van der Waals surface area contributed by atoms with E-state index in [4.69, 9.17) is 15.0 Å². The molecule has 0 spiro atoms. The lowest BCUT2D eigenvalue weighted by molar-refractivity contribution is 0.0779. The van der Waals surface area contributed by atoms with E-state index < -0.39 is 0 Å². The molecule has 0 aliphatic heterocycles. The van der Waals surface area contributed by atoms with E-state index in [1.54, 1.807) is 0 Å². The lowest BCUT2D eigenvalue weighted by Gasteiger charge is -2.50. The van der Waals surface area contributed by atoms with Crippen molar-refractivity contribution in [1.29, 1.82) is 5.26 Å². The van der Waals surface area contributed by atoms with Crippen LogP contribution in [-0.4, -0.2) is 15.0 Å². The third-order valence-corrected chi connectivity index (χ3v) is 13.9. The van der Waals surface area contributed by atoms with Crippen molar-refractivity contribution in [2.45, 2.75) is 103 Å². The maximum Gasteiger partial charge on any atom is 0.164 e. The fourth-order valence-corrected chi connectivity index (χ4v) is 12.4. The Bertz CT molecular complexity index is 2030. The first-order valence-corrected chi connectivity index (χ1v) is 20.7. The molecule has 2 unspecified atom stereocenters. The van der Waals surface area contributed by atoms with Gasteiger partial charge in [-0.2, -0.15) is 5.26 Å². The average Bonchev–Trinajstić information content (AvgIpc) is 3.17. The summed E-state index contributed by atoms with van der Waals surface area (Å²) in [6.45, 7) is 9.85. The molecule has 5 aromatic rings. The molecule has 1 heterocycles. The van der Waals surface area contributed by atoms with Crippen molar-refractivity contribution < 1.29 is 0 Å². The molecule has 4 nitrogen and oxygen atoms in total. The lowest BCUT2D eigenvalue weighted by Crippen LogP contribution is -2.42. The summed E-state index contributed by atoms with van der Waals surface area (Å²) in [7, 11) is 0. The molecule has 8 atom stereocenters. The molecule has 0 radical (unpaired) electrons. The van der Waals surface area contributed by atoms with Gasteiger partial charge >= 0.3 is 0 Å². The molecule has 4 saturated carbocycles. The Labute approximate surface area is 322 Å². The quantitative estimate of drug-likeness (QED) is 0.176. The van der Waals surface area contributed by atoms with Gasteiger partial charge in [-0.25, -0.2) is 15.0 Å². The number of hydrogen-bond donors (Lipinski definition) is 0. The van der Waals surface area contributed by atoms with Crippen molar-refractivity contribution in [2.75, 3.05) is 0 Å². The summed E-state index contributed by atoms with van der Waals surface area (Å²) in [5, 5.41) is 9.45. The van der Waals surface area contributed by atoms with Gasteiger partial charge in [-0.15, -0.1) is 0 Å². The van der Waals surface area contributed by atoms with Crippen LogP contribution in [0.1, 0.15) is 109 Å². The molecule has 0 N–H and O–H groups in total. The molecule has 1 aromatic heterocycles. The van der Waals surface area contributed by atoms with Crippen molar-refractivity contribution in [3.05, 3.63) is 114 Å². The summed E-state index contributed by atoms with van der Waals surface area (Å²) >= 11 is 0. The second-order valence-corrected chi connectivity index (χ2v) is 18.6. The highest BCUT2D eigenvalue weighted by Crippen LogP contribution is 2.55. The van der Waals surface area contributed by atoms with Gasteiger partial charge in [0.15, 0.2) is 17.5 Å². The molecule has 4 aromatic carbocycles. The van der Waals surface area contributed by atoms with E-state index in [1.807, 2.05) is 24.3 Å². The first kappa shape index (κ1) is 35.1. The molecule has 274 valence electrons. The molecule has 4 fully saturated rings.